The molecule has 2 rings (SSSR count). The van der Waals surface area contributed by atoms with Gasteiger partial charge in [-0.3, -0.25) is 0 Å². The number of rotatable bonds is 7. The van der Waals surface area contributed by atoms with Crippen molar-refractivity contribution >= 4 is 5.69 Å². The lowest BCUT2D eigenvalue weighted by Crippen LogP contribution is -2.06. The largest absolute Gasteiger partial charge is 0.497 e. The van der Waals surface area contributed by atoms with Crippen LogP contribution in [0.15, 0.2) is 48.5 Å². The Labute approximate surface area is 128 Å². The Morgan fingerprint density at radius 2 is 1.86 bits per heavy atom. The third-order valence-electron chi connectivity index (χ3n) is 3.75. The Morgan fingerprint density at radius 3 is 2.52 bits per heavy atom. The summed E-state index contributed by atoms with van der Waals surface area (Å²) in [6.07, 6.45) is 3.67. The van der Waals surface area contributed by atoms with Crippen molar-refractivity contribution in [3.63, 3.8) is 0 Å². The van der Waals surface area contributed by atoms with Gasteiger partial charge in [-0.25, -0.2) is 0 Å². The van der Waals surface area contributed by atoms with Crippen LogP contribution >= 0.6 is 0 Å². The van der Waals surface area contributed by atoms with Gasteiger partial charge in [0.05, 0.1) is 7.11 Å². The van der Waals surface area contributed by atoms with Crippen molar-refractivity contribution in [2.45, 2.75) is 39.2 Å². The van der Waals surface area contributed by atoms with Crippen molar-refractivity contribution in [1.29, 1.82) is 0 Å². The van der Waals surface area contributed by atoms with Gasteiger partial charge in [0.25, 0.3) is 0 Å². The molecule has 1 atom stereocenters. The van der Waals surface area contributed by atoms with Gasteiger partial charge >= 0.3 is 0 Å². The maximum absolute atomic E-state index is 5.28. The average molecular weight is 283 g/mol. The van der Waals surface area contributed by atoms with Gasteiger partial charge in [0.1, 0.15) is 5.75 Å². The summed E-state index contributed by atoms with van der Waals surface area (Å²) in [7, 11) is 1.70. The Kier molecular flexibility index (Phi) is 5.68. The topological polar surface area (TPSA) is 21.3 Å². The molecule has 0 bridgehead atoms. The molecule has 21 heavy (non-hydrogen) atoms. The van der Waals surface area contributed by atoms with Crippen LogP contribution in [0.3, 0.4) is 0 Å². The van der Waals surface area contributed by atoms with E-state index in [2.05, 4.69) is 55.6 Å². The van der Waals surface area contributed by atoms with E-state index in [0.717, 1.165) is 11.4 Å². The van der Waals surface area contributed by atoms with Gasteiger partial charge in [-0.15, -0.1) is 0 Å². The van der Waals surface area contributed by atoms with Crippen LogP contribution in [0.5, 0.6) is 5.75 Å². The molecule has 0 heterocycles. The number of anilines is 1. The fourth-order valence-electron chi connectivity index (χ4n) is 2.39. The van der Waals surface area contributed by atoms with Crippen LogP contribution in [0.25, 0.3) is 0 Å². The second kappa shape index (κ2) is 7.72. The van der Waals surface area contributed by atoms with Gasteiger partial charge in [0, 0.05) is 11.7 Å². The van der Waals surface area contributed by atoms with Crippen molar-refractivity contribution < 1.29 is 4.74 Å². The molecule has 0 saturated heterocycles. The lowest BCUT2D eigenvalue weighted by Gasteiger charge is -2.16. The lowest BCUT2D eigenvalue weighted by atomic mass is 10.1. The first-order valence-electron chi connectivity index (χ1n) is 7.72. The van der Waals surface area contributed by atoms with E-state index in [1.807, 2.05) is 12.1 Å². The molecule has 0 aliphatic rings. The van der Waals surface area contributed by atoms with Crippen LogP contribution in [-0.4, -0.2) is 7.11 Å². The van der Waals surface area contributed by atoms with E-state index >= 15 is 0 Å². The first-order valence-corrected chi connectivity index (χ1v) is 7.72. The molecule has 0 aliphatic carbocycles. The summed E-state index contributed by atoms with van der Waals surface area (Å²) < 4.78 is 5.28. The highest BCUT2D eigenvalue weighted by atomic mass is 16.5. The number of benzene rings is 2. The number of hydrogen-bond donors (Lipinski definition) is 1. The minimum absolute atomic E-state index is 0.251. The molecule has 2 heteroatoms. The minimum Gasteiger partial charge on any atom is -0.497 e. The van der Waals surface area contributed by atoms with Gasteiger partial charge in [0.2, 0.25) is 0 Å². The Bertz CT molecular complexity index is 548. The van der Waals surface area contributed by atoms with Crippen LogP contribution in [0.4, 0.5) is 5.69 Å². The zero-order chi connectivity index (χ0) is 15.1. The van der Waals surface area contributed by atoms with E-state index in [9.17, 15) is 0 Å². The maximum atomic E-state index is 5.28. The van der Waals surface area contributed by atoms with Crippen molar-refractivity contribution in [2.24, 2.45) is 0 Å². The SMILES string of the molecule is CCCCc1ccc(NC(C)c2cccc(OC)c2)cc1. The zero-order valence-corrected chi connectivity index (χ0v) is 13.2. The molecular formula is C19H25NO. The summed E-state index contributed by atoms with van der Waals surface area (Å²) in [5, 5.41) is 3.54. The molecule has 1 N–H and O–H groups in total. The Hall–Kier alpha value is -1.96. The van der Waals surface area contributed by atoms with Crippen molar-refractivity contribution in [1.82, 2.24) is 0 Å². The van der Waals surface area contributed by atoms with Gasteiger partial charge in [0.15, 0.2) is 0 Å². The summed E-state index contributed by atoms with van der Waals surface area (Å²) in [6.45, 7) is 4.39. The van der Waals surface area contributed by atoms with Crippen molar-refractivity contribution in [2.75, 3.05) is 12.4 Å². The summed E-state index contributed by atoms with van der Waals surface area (Å²) in [5.41, 5.74) is 3.80. The maximum Gasteiger partial charge on any atom is 0.119 e. The van der Waals surface area contributed by atoms with E-state index in [4.69, 9.17) is 4.74 Å². The first kappa shape index (κ1) is 15.4. The fourth-order valence-corrected chi connectivity index (χ4v) is 2.39. The monoisotopic (exact) mass is 283 g/mol. The molecule has 2 aromatic rings. The quantitative estimate of drug-likeness (QED) is 0.753. The number of hydrogen-bond acceptors (Lipinski definition) is 2. The van der Waals surface area contributed by atoms with E-state index in [0.29, 0.717) is 0 Å². The molecule has 0 amide bonds. The van der Waals surface area contributed by atoms with Gasteiger partial charge < -0.3 is 10.1 Å². The Morgan fingerprint density at radius 1 is 1.10 bits per heavy atom. The van der Waals surface area contributed by atoms with E-state index < -0.39 is 0 Å². The summed E-state index contributed by atoms with van der Waals surface area (Å²) >= 11 is 0. The molecule has 0 saturated carbocycles. The Balaban J connectivity index is 1.99. The van der Waals surface area contributed by atoms with Crippen molar-refractivity contribution in [3.8, 4) is 5.75 Å². The molecular weight excluding hydrogens is 258 g/mol. The highest BCUT2D eigenvalue weighted by Gasteiger charge is 2.06. The molecule has 0 radical (unpaired) electrons. The lowest BCUT2D eigenvalue weighted by molar-refractivity contribution is 0.414. The molecule has 0 aliphatic heterocycles. The second-order valence-corrected chi connectivity index (χ2v) is 5.44. The summed E-state index contributed by atoms with van der Waals surface area (Å²) in [6, 6.07) is 17.2. The molecule has 1 unspecified atom stereocenters. The first-order chi connectivity index (χ1) is 10.2. The van der Waals surface area contributed by atoms with Crippen LogP contribution in [0.2, 0.25) is 0 Å². The standard InChI is InChI=1S/C19H25NO/c1-4-5-7-16-10-12-18(13-11-16)20-15(2)17-8-6-9-19(14-17)21-3/h6,8-15,20H,4-5,7H2,1-3H3. The molecule has 0 aromatic heterocycles. The fraction of sp³-hybridized carbons (Fsp3) is 0.368. The normalized spacial score (nSPS) is 12.0. The molecule has 112 valence electrons. The molecule has 0 spiro atoms. The number of methoxy groups -OCH3 is 1. The highest BCUT2D eigenvalue weighted by molar-refractivity contribution is 5.47. The van der Waals surface area contributed by atoms with E-state index in [1.54, 1.807) is 7.11 Å². The third-order valence-corrected chi connectivity index (χ3v) is 3.75. The number of nitrogens with one attached hydrogen (secondary N) is 1. The number of ether oxygens (including phenoxy) is 1. The number of unbranched alkanes of at least 4 members (excludes halogenated alkanes) is 1. The van der Waals surface area contributed by atoms with Crippen LogP contribution < -0.4 is 10.1 Å². The van der Waals surface area contributed by atoms with E-state index in [-0.39, 0.29) is 6.04 Å². The van der Waals surface area contributed by atoms with Gasteiger partial charge in [-0.1, -0.05) is 37.6 Å². The zero-order valence-electron chi connectivity index (χ0n) is 13.2. The van der Waals surface area contributed by atoms with E-state index in [1.165, 1.54) is 30.4 Å². The molecule has 2 nitrogen and oxygen atoms in total. The smallest absolute Gasteiger partial charge is 0.119 e. The van der Waals surface area contributed by atoms with Crippen LogP contribution in [0, 0.1) is 0 Å². The van der Waals surface area contributed by atoms with Crippen molar-refractivity contribution in [3.05, 3.63) is 59.7 Å². The predicted molar refractivity (Wildman–Crippen MR) is 90.1 cm³/mol. The average Bonchev–Trinajstić information content (AvgIpc) is 2.54. The van der Waals surface area contributed by atoms with Gasteiger partial charge in [-0.05, 0) is 55.2 Å². The predicted octanol–water partition coefficient (Wildman–Crippen LogP) is 5.21. The molecule has 2 aromatic carbocycles. The minimum atomic E-state index is 0.251. The van der Waals surface area contributed by atoms with Crippen LogP contribution in [0.1, 0.15) is 43.9 Å². The summed E-state index contributed by atoms with van der Waals surface area (Å²) in [4.78, 5) is 0. The molecule has 0 fully saturated rings. The second-order valence-electron chi connectivity index (χ2n) is 5.44. The summed E-state index contributed by atoms with van der Waals surface area (Å²) in [5.74, 6) is 0.899. The van der Waals surface area contributed by atoms with Crippen LogP contribution in [-0.2, 0) is 6.42 Å². The third kappa shape index (κ3) is 4.52. The van der Waals surface area contributed by atoms with Gasteiger partial charge in [-0.2, -0.15) is 0 Å². The highest BCUT2D eigenvalue weighted by Crippen LogP contribution is 2.23. The number of aryl methyl sites for hydroxylation is 1.